The van der Waals surface area contributed by atoms with Crippen molar-refractivity contribution >= 4 is 12.2 Å². The maximum Gasteiger partial charge on any atom is 0.130 e. The Hall–Kier alpha value is -2.56. The molecule has 4 N–H and O–H groups in total. The fourth-order valence-electron chi connectivity index (χ4n) is 2.50. The van der Waals surface area contributed by atoms with Crippen molar-refractivity contribution in [3.05, 3.63) is 82.3 Å². The first-order chi connectivity index (χ1) is 11.9. The van der Waals surface area contributed by atoms with Crippen LogP contribution in [0.2, 0.25) is 0 Å². The second kappa shape index (κ2) is 8.01. The Morgan fingerprint density at radius 1 is 0.800 bits per heavy atom. The van der Waals surface area contributed by atoms with E-state index >= 15 is 0 Å². The van der Waals surface area contributed by atoms with E-state index in [-0.39, 0.29) is 11.5 Å². The number of aryl methyl sites for hydroxylation is 2. The van der Waals surface area contributed by atoms with Gasteiger partial charge in [-0.1, -0.05) is 48.5 Å². The summed E-state index contributed by atoms with van der Waals surface area (Å²) in [6, 6.07) is 14.7. The van der Waals surface area contributed by atoms with Crippen LogP contribution in [0.5, 0.6) is 0 Å². The van der Waals surface area contributed by atoms with Gasteiger partial charge in [-0.2, -0.15) is 0 Å². The Kier molecular flexibility index (Phi) is 6.02. The molecule has 0 unspecified atom stereocenters. The molecule has 25 heavy (non-hydrogen) atoms. The van der Waals surface area contributed by atoms with Gasteiger partial charge in [-0.05, 0) is 48.3 Å². The molecular weight excluding hydrogens is 316 g/mol. The molecule has 0 saturated heterocycles. The topological polar surface area (TPSA) is 80.9 Å². The molecule has 0 spiro atoms. The van der Waals surface area contributed by atoms with Gasteiger partial charge in [-0.25, -0.2) is 0 Å². The number of hydrogen-bond donors (Lipinski definition) is 4. The van der Waals surface area contributed by atoms with E-state index in [0.29, 0.717) is 5.56 Å². The van der Waals surface area contributed by atoms with Gasteiger partial charge in [0.2, 0.25) is 0 Å². The summed E-state index contributed by atoms with van der Waals surface area (Å²) in [7, 11) is 0. The van der Waals surface area contributed by atoms with Gasteiger partial charge in [-0.3, -0.25) is 0 Å². The van der Waals surface area contributed by atoms with Crippen LogP contribution >= 0.6 is 0 Å². The van der Waals surface area contributed by atoms with Gasteiger partial charge in [0.25, 0.3) is 0 Å². The Morgan fingerprint density at radius 2 is 1.36 bits per heavy atom. The molecule has 0 heterocycles. The van der Waals surface area contributed by atoms with Crippen molar-refractivity contribution in [1.82, 2.24) is 0 Å². The summed E-state index contributed by atoms with van der Waals surface area (Å²) in [5.41, 5.74) is 1.95. The van der Waals surface area contributed by atoms with E-state index in [9.17, 15) is 20.4 Å². The van der Waals surface area contributed by atoms with Crippen molar-refractivity contribution in [3.8, 4) is 0 Å². The lowest BCUT2D eigenvalue weighted by atomic mass is 9.83. The number of benzene rings is 2. The third-order valence-electron chi connectivity index (χ3n) is 4.46. The van der Waals surface area contributed by atoms with Gasteiger partial charge >= 0.3 is 0 Å². The van der Waals surface area contributed by atoms with Crippen molar-refractivity contribution in [3.63, 3.8) is 0 Å². The van der Waals surface area contributed by atoms with Crippen molar-refractivity contribution < 1.29 is 20.4 Å². The molecule has 0 aliphatic heterocycles. The standard InChI is InChI=1S/C21H24O4/c1-15-8-9-18(10-16(15)2)12-20(25)21(13-22,14-23)19(24)11-17-6-4-3-5-7-17/h3-12,22-25H,13-14H2,1-2H3. The Balaban J connectivity index is 2.45. The number of aliphatic hydroxyl groups excluding tert-OH is 4. The lowest BCUT2D eigenvalue weighted by Crippen LogP contribution is -2.34. The minimum absolute atomic E-state index is 0.301. The second-order valence-corrected chi connectivity index (χ2v) is 6.21. The zero-order valence-electron chi connectivity index (χ0n) is 14.5. The van der Waals surface area contributed by atoms with Crippen LogP contribution in [0, 0.1) is 19.3 Å². The summed E-state index contributed by atoms with van der Waals surface area (Å²) in [6.07, 6.45) is 2.88. The Bertz CT molecular complexity index is 772. The van der Waals surface area contributed by atoms with Crippen molar-refractivity contribution in [2.45, 2.75) is 13.8 Å². The summed E-state index contributed by atoms with van der Waals surface area (Å²) in [5, 5.41) is 40.7. The predicted octanol–water partition coefficient (Wildman–Crippen LogP) is 3.77. The van der Waals surface area contributed by atoms with E-state index in [2.05, 4.69) is 0 Å². The van der Waals surface area contributed by atoms with Crippen LogP contribution in [-0.4, -0.2) is 33.6 Å². The van der Waals surface area contributed by atoms with Crippen LogP contribution in [0.1, 0.15) is 22.3 Å². The lowest BCUT2D eigenvalue weighted by Gasteiger charge is -2.28. The minimum Gasteiger partial charge on any atom is -0.511 e. The SMILES string of the molecule is Cc1ccc(C=C(O)C(CO)(CO)C(O)=Cc2ccccc2)cc1C. The summed E-state index contributed by atoms with van der Waals surface area (Å²) in [4.78, 5) is 0. The van der Waals surface area contributed by atoms with Gasteiger partial charge in [0.1, 0.15) is 16.9 Å². The van der Waals surface area contributed by atoms with Crippen LogP contribution in [0.4, 0.5) is 0 Å². The first kappa shape index (κ1) is 18.8. The van der Waals surface area contributed by atoms with Crippen LogP contribution in [-0.2, 0) is 0 Å². The Labute approximate surface area is 148 Å². The van der Waals surface area contributed by atoms with Crippen molar-refractivity contribution in [2.24, 2.45) is 5.41 Å². The van der Waals surface area contributed by atoms with Crippen molar-refractivity contribution in [1.29, 1.82) is 0 Å². The van der Waals surface area contributed by atoms with Crippen LogP contribution in [0.25, 0.3) is 12.2 Å². The van der Waals surface area contributed by atoms with Crippen molar-refractivity contribution in [2.75, 3.05) is 13.2 Å². The number of hydrogen-bond acceptors (Lipinski definition) is 4. The lowest BCUT2D eigenvalue weighted by molar-refractivity contribution is 0.0487. The zero-order valence-corrected chi connectivity index (χ0v) is 14.5. The Morgan fingerprint density at radius 3 is 1.88 bits per heavy atom. The molecule has 0 bridgehead atoms. The molecule has 0 fully saturated rings. The van der Waals surface area contributed by atoms with E-state index < -0.39 is 18.6 Å². The summed E-state index contributed by atoms with van der Waals surface area (Å²) < 4.78 is 0. The highest BCUT2D eigenvalue weighted by atomic mass is 16.3. The maximum absolute atomic E-state index is 10.6. The smallest absolute Gasteiger partial charge is 0.130 e. The molecule has 132 valence electrons. The fourth-order valence-corrected chi connectivity index (χ4v) is 2.50. The minimum atomic E-state index is -1.66. The average molecular weight is 340 g/mol. The zero-order chi connectivity index (χ0) is 18.4. The summed E-state index contributed by atoms with van der Waals surface area (Å²) >= 11 is 0. The second-order valence-electron chi connectivity index (χ2n) is 6.21. The van der Waals surface area contributed by atoms with Gasteiger partial charge in [0, 0.05) is 0 Å². The molecule has 0 aliphatic carbocycles. The highest BCUT2D eigenvalue weighted by Gasteiger charge is 2.38. The molecule has 0 radical (unpaired) electrons. The molecule has 2 aromatic rings. The third-order valence-corrected chi connectivity index (χ3v) is 4.46. The normalized spacial score (nSPS) is 13.1. The molecule has 2 aromatic carbocycles. The summed E-state index contributed by atoms with van der Waals surface area (Å²) in [6.45, 7) is 2.68. The fraction of sp³-hybridized carbons (Fsp3) is 0.238. The molecule has 0 atom stereocenters. The molecular formula is C21H24O4. The number of aliphatic hydroxyl groups is 4. The predicted molar refractivity (Wildman–Crippen MR) is 100 cm³/mol. The molecule has 4 heteroatoms. The quantitative estimate of drug-likeness (QED) is 0.603. The molecule has 0 aromatic heterocycles. The van der Waals surface area contributed by atoms with E-state index in [1.54, 1.807) is 12.1 Å². The van der Waals surface area contributed by atoms with Gasteiger partial charge in [0.05, 0.1) is 13.2 Å². The summed E-state index contributed by atoms with van der Waals surface area (Å²) in [5.74, 6) is -0.605. The van der Waals surface area contributed by atoms with Crippen LogP contribution in [0.3, 0.4) is 0 Å². The largest absolute Gasteiger partial charge is 0.511 e. The maximum atomic E-state index is 10.6. The van der Waals surface area contributed by atoms with Gasteiger partial charge in [0.15, 0.2) is 0 Å². The molecule has 0 saturated carbocycles. The van der Waals surface area contributed by atoms with E-state index in [0.717, 1.165) is 16.7 Å². The van der Waals surface area contributed by atoms with E-state index in [1.807, 2.05) is 50.2 Å². The average Bonchev–Trinajstić information content (AvgIpc) is 2.60. The van der Waals surface area contributed by atoms with Gasteiger partial charge in [-0.15, -0.1) is 0 Å². The molecule has 4 nitrogen and oxygen atoms in total. The molecule has 2 rings (SSSR count). The van der Waals surface area contributed by atoms with E-state index in [4.69, 9.17) is 0 Å². The van der Waals surface area contributed by atoms with Crippen LogP contribution in [0.15, 0.2) is 60.0 Å². The number of rotatable bonds is 6. The third kappa shape index (κ3) is 4.10. The first-order valence-electron chi connectivity index (χ1n) is 8.09. The highest BCUT2D eigenvalue weighted by Crippen LogP contribution is 2.34. The molecule has 0 aliphatic rings. The van der Waals surface area contributed by atoms with Crippen LogP contribution < -0.4 is 0 Å². The highest BCUT2D eigenvalue weighted by molar-refractivity contribution is 5.59. The first-order valence-corrected chi connectivity index (χ1v) is 8.09. The van der Waals surface area contributed by atoms with Gasteiger partial charge < -0.3 is 20.4 Å². The monoisotopic (exact) mass is 340 g/mol. The molecule has 0 amide bonds. The van der Waals surface area contributed by atoms with E-state index in [1.165, 1.54) is 12.2 Å².